The van der Waals surface area contributed by atoms with Crippen molar-refractivity contribution in [2.45, 2.75) is 44.8 Å². The smallest absolute Gasteiger partial charge is 0.201 e. The van der Waals surface area contributed by atoms with Crippen molar-refractivity contribution >= 4 is 0 Å². The minimum absolute atomic E-state index is 0.442. The minimum Gasteiger partial charge on any atom is -0.379 e. The first-order valence-electron chi connectivity index (χ1n) is 5.19. The van der Waals surface area contributed by atoms with Crippen LogP contribution in [0.15, 0.2) is 0 Å². The predicted molar refractivity (Wildman–Crippen MR) is 48.9 cm³/mol. The standard InChI is InChI=1S/C10H19O3/c1-2-12-8-9-13-10(11)6-4-3-5-7-10/h2-9H2,1H3. The first kappa shape index (κ1) is 11.0. The lowest BCUT2D eigenvalue weighted by molar-refractivity contribution is -0.259. The van der Waals surface area contributed by atoms with Gasteiger partial charge in [0.15, 0.2) is 0 Å². The largest absolute Gasteiger partial charge is 0.379 e. The van der Waals surface area contributed by atoms with Crippen LogP contribution < -0.4 is 0 Å². The zero-order valence-electron chi connectivity index (χ0n) is 8.38. The van der Waals surface area contributed by atoms with Crippen LogP contribution in [-0.4, -0.2) is 25.6 Å². The van der Waals surface area contributed by atoms with Crippen molar-refractivity contribution in [2.75, 3.05) is 19.8 Å². The fourth-order valence-electron chi connectivity index (χ4n) is 1.67. The van der Waals surface area contributed by atoms with Gasteiger partial charge in [0.25, 0.3) is 0 Å². The highest BCUT2D eigenvalue weighted by Crippen LogP contribution is 2.29. The highest BCUT2D eigenvalue weighted by Gasteiger charge is 2.31. The molecule has 1 saturated carbocycles. The molecule has 3 heteroatoms. The number of ether oxygens (including phenoxy) is 2. The minimum atomic E-state index is -1.10. The summed E-state index contributed by atoms with van der Waals surface area (Å²) in [5, 5.41) is 11.8. The Bertz CT molecular complexity index is 130. The summed E-state index contributed by atoms with van der Waals surface area (Å²) in [6.45, 7) is 3.61. The Kier molecular flexibility index (Phi) is 4.70. The maximum atomic E-state index is 11.8. The second-order valence-corrected chi connectivity index (χ2v) is 3.52. The van der Waals surface area contributed by atoms with E-state index in [2.05, 4.69) is 0 Å². The Labute approximate surface area is 80.0 Å². The molecule has 0 heterocycles. The van der Waals surface area contributed by atoms with Gasteiger partial charge in [-0.25, -0.2) is 0 Å². The topological polar surface area (TPSA) is 38.4 Å². The maximum absolute atomic E-state index is 11.8. The Morgan fingerprint density at radius 1 is 1.15 bits per heavy atom. The summed E-state index contributed by atoms with van der Waals surface area (Å²) in [4.78, 5) is 0. The predicted octanol–water partition coefficient (Wildman–Crippen LogP) is 2.13. The average molecular weight is 187 g/mol. The third kappa shape index (κ3) is 4.07. The third-order valence-corrected chi connectivity index (χ3v) is 2.41. The Hall–Kier alpha value is -0.120. The molecule has 1 fully saturated rings. The monoisotopic (exact) mass is 187 g/mol. The van der Waals surface area contributed by atoms with Crippen molar-refractivity contribution in [3.05, 3.63) is 0 Å². The summed E-state index contributed by atoms with van der Waals surface area (Å²) in [5.74, 6) is -1.10. The maximum Gasteiger partial charge on any atom is 0.201 e. The molecule has 1 aliphatic carbocycles. The van der Waals surface area contributed by atoms with E-state index in [0.29, 0.717) is 32.7 Å². The summed E-state index contributed by atoms with van der Waals surface area (Å²) >= 11 is 0. The summed E-state index contributed by atoms with van der Waals surface area (Å²) in [6, 6.07) is 0. The molecule has 3 nitrogen and oxygen atoms in total. The lowest BCUT2D eigenvalue weighted by atomic mass is 9.94. The molecule has 0 atom stereocenters. The van der Waals surface area contributed by atoms with E-state index in [9.17, 15) is 5.11 Å². The van der Waals surface area contributed by atoms with Gasteiger partial charge in [0.05, 0.1) is 13.2 Å². The van der Waals surface area contributed by atoms with Gasteiger partial charge in [0.2, 0.25) is 5.79 Å². The van der Waals surface area contributed by atoms with E-state index in [0.717, 1.165) is 12.8 Å². The average Bonchev–Trinajstić information content (AvgIpc) is 2.14. The fraction of sp³-hybridized carbons (Fsp3) is 1.00. The summed E-state index contributed by atoms with van der Waals surface area (Å²) in [7, 11) is 0. The van der Waals surface area contributed by atoms with Gasteiger partial charge in [-0.2, -0.15) is 5.11 Å². The van der Waals surface area contributed by atoms with Gasteiger partial charge in [-0.3, -0.25) is 0 Å². The Morgan fingerprint density at radius 2 is 1.85 bits per heavy atom. The molecule has 0 amide bonds. The molecule has 0 N–H and O–H groups in total. The zero-order valence-corrected chi connectivity index (χ0v) is 8.38. The lowest BCUT2D eigenvalue weighted by Crippen LogP contribution is -2.34. The molecule has 1 rings (SSSR count). The highest BCUT2D eigenvalue weighted by molar-refractivity contribution is 4.72. The fourth-order valence-corrected chi connectivity index (χ4v) is 1.67. The normalized spacial score (nSPS) is 21.7. The summed E-state index contributed by atoms with van der Waals surface area (Å²) in [6.07, 6.45) is 4.54. The molecule has 0 aromatic carbocycles. The molecular weight excluding hydrogens is 168 g/mol. The molecule has 77 valence electrons. The van der Waals surface area contributed by atoms with Gasteiger partial charge >= 0.3 is 0 Å². The van der Waals surface area contributed by atoms with Gasteiger partial charge in [-0.15, -0.1) is 0 Å². The Morgan fingerprint density at radius 3 is 2.46 bits per heavy atom. The molecule has 0 aromatic heterocycles. The SMILES string of the molecule is CCOCCOC1([O])CCCCC1. The number of hydrogen-bond acceptors (Lipinski definition) is 2. The molecule has 0 aromatic rings. The van der Waals surface area contributed by atoms with Crippen molar-refractivity contribution in [1.82, 2.24) is 0 Å². The second kappa shape index (κ2) is 5.58. The lowest BCUT2D eigenvalue weighted by Gasteiger charge is -2.29. The van der Waals surface area contributed by atoms with Crippen LogP contribution in [0.25, 0.3) is 0 Å². The molecule has 0 bridgehead atoms. The van der Waals surface area contributed by atoms with Gasteiger partial charge in [0.1, 0.15) is 0 Å². The van der Waals surface area contributed by atoms with Crippen molar-refractivity contribution in [1.29, 1.82) is 0 Å². The van der Waals surface area contributed by atoms with Crippen LogP contribution in [0.4, 0.5) is 0 Å². The van der Waals surface area contributed by atoms with Crippen molar-refractivity contribution in [2.24, 2.45) is 0 Å². The quantitative estimate of drug-likeness (QED) is 0.488. The van der Waals surface area contributed by atoms with E-state index in [-0.39, 0.29) is 0 Å². The van der Waals surface area contributed by atoms with E-state index < -0.39 is 5.79 Å². The second-order valence-electron chi connectivity index (χ2n) is 3.52. The van der Waals surface area contributed by atoms with Gasteiger partial charge in [-0.05, 0) is 19.8 Å². The van der Waals surface area contributed by atoms with Crippen LogP contribution in [0.1, 0.15) is 39.0 Å². The highest BCUT2D eigenvalue weighted by atomic mass is 16.6. The van der Waals surface area contributed by atoms with Crippen molar-refractivity contribution in [3.8, 4) is 0 Å². The van der Waals surface area contributed by atoms with E-state index in [1.165, 1.54) is 6.42 Å². The van der Waals surface area contributed by atoms with Crippen LogP contribution in [0.3, 0.4) is 0 Å². The first-order valence-corrected chi connectivity index (χ1v) is 5.19. The van der Waals surface area contributed by atoms with Crippen LogP contribution in [0, 0.1) is 0 Å². The first-order chi connectivity index (χ1) is 6.27. The van der Waals surface area contributed by atoms with Crippen molar-refractivity contribution < 1.29 is 14.6 Å². The molecule has 0 saturated heterocycles. The van der Waals surface area contributed by atoms with Gasteiger partial charge < -0.3 is 9.47 Å². The number of hydrogen-bond donors (Lipinski definition) is 0. The zero-order chi connectivity index (χ0) is 9.57. The van der Waals surface area contributed by atoms with Gasteiger partial charge in [0, 0.05) is 19.4 Å². The third-order valence-electron chi connectivity index (χ3n) is 2.41. The molecule has 0 unspecified atom stereocenters. The van der Waals surface area contributed by atoms with E-state index in [1.54, 1.807) is 0 Å². The molecule has 13 heavy (non-hydrogen) atoms. The van der Waals surface area contributed by atoms with E-state index >= 15 is 0 Å². The molecule has 1 aliphatic rings. The van der Waals surface area contributed by atoms with Crippen LogP contribution in [-0.2, 0) is 14.6 Å². The molecule has 0 aliphatic heterocycles. The summed E-state index contributed by atoms with van der Waals surface area (Å²) < 4.78 is 10.4. The van der Waals surface area contributed by atoms with Crippen LogP contribution >= 0.6 is 0 Å². The number of rotatable bonds is 5. The van der Waals surface area contributed by atoms with Gasteiger partial charge in [-0.1, -0.05) is 6.42 Å². The molecule has 1 radical (unpaired) electrons. The van der Waals surface area contributed by atoms with E-state index in [4.69, 9.17) is 9.47 Å². The molecular formula is C10H19O3. The van der Waals surface area contributed by atoms with E-state index in [1.807, 2.05) is 6.92 Å². The van der Waals surface area contributed by atoms with Crippen molar-refractivity contribution in [3.63, 3.8) is 0 Å². The Balaban J connectivity index is 2.10. The van der Waals surface area contributed by atoms with Crippen LogP contribution in [0.2, 0.25) is 0 Å². The summed E-state index contributed by atoms with van der Waals surface area (Å²) in [5.41, 5.74) is 0. The van der Waals surface area contributed by atoms with Crippen LogP contribution in [0.5, 0.6) is 0 Å². The molecule has 0 spiro atoms.